The molecule has 4 nitrogen and oxygen atoms in total. The highest BCUT2D eigenvalue weighted by molar-refractivity contribution is 6.00. The van der Waals surface area contributed by atoms with Crippen LogP contribution in [0.2, 0.25) is 0 Å². The minimum absolute atomic E-state index is 0.0436. The van der Waals surface area contributed by atoms with E-state index in [2.05, 4.69) is 4.98 Å². The number of hydrogen-bond acceptors (Lipinski definition) is 3. The van der Waals surface area contributed by atoms with Gasteiger partial charge in [0, 0.05) is 11.3 Å². The van der Waals surface area contributed by atoms with Crippen molar-refractivity contribution < 1.29 is 22.7 Å². The second-order valence-corrected chi connectivity index (χ2v) is 4.79. The SMILES string of the molecule is CCOC(=O)c1c(C(F)(F)F)[nH]c(C)c1-c1cccc(C#N)c1. The van der Waals surface area contributed by atoms with Gasteiger partial charge in [0.2, 0.25) is 0 Å². The monoisotopic (exact) mass is 322 g/mol. The van der Waals surface area contributed by atoms with Gasteiger partial charge in [-0.3, -0.25) is 0 Å². The van der Waals surface area contributed by atoms with Crippen LogP contribution in [0.1, 0.15) is 34.2 Å². The van der Waals surface area contributed by atoms with Crippen molar-refractivity contribution in [1.29, 1.82) is 5.26 Å². The normalized spacial score (nSPS) is 11.1. The number of H-pyrrole nitrogens is 1. The van der Waals surface area contributed by atoms with Gasteiger partial charge in [-0.05, 0) is 31.5 Å². The average molecular weight is 322 g/mol. The molecule has 0 aliphatic heterocycles. The summed E-state index contributed by atoms with van der Waals surface area (Å²) in [5.41, 5.74) is -0.816. The Labute approximate surface area is 130 Å². The molecule has 0 saturated heterocycles. The Hall–Kier alpha value is -2.75. The zero-order valence-electron chi connectivity index (χ0n) is 12.4. The number of aryl methyl sites for hydroxylation is 1. The molecule has 0 aliphatic rings. The summed E-state index contributed by atoms with van der Waals surface area (Å²) in [5.74, 6) is -1.05. The summed E-state index contributed by atoms with van der Waals surface area (Å²) in [6, 6.07) is 7.96. The summed E-state index contributed by atoms with van der Waals surface area (Å²) in [5, 5.41) is 8.95. The first-order valence-corrected chi connectivity index (χ1v) is 6.77. The molecule has 2 rings (SSSR count). The van der Waals surface area contributed by atoms with Crippen LogP contribution in [-0.4, -0.2) is 17.6 Å². The number of nitriles is 1. The van der Waals surface area contributed by atoms with Crippen LogP contribution in [0.4, 0.5) is 13.2 Å². The maximum Gasteiger partial charge on any atom is 0.432 e. The van der Waals surface area contributed by atoms with Crippen molar-refractivity contribution in [3.8, 4) is 17.2 Å². The lowest BCUT2D eigenvalue weighted by molar-refractivity contribution is -0.141. The van der Waals surface area contributed by atoms with E-state index in [9.17, 15) is 18.0 Å². The van der Waals surface area contributed by atoms with E-state index in [1.54, 1.807) is 12.1 Å². The molecule has 0 saturated carbocycles. The number of ether oxygens (including phenoxy) is 1. The van der Waals surface area contributed by atoms with Gasteiger partial charge in [0.15, 0.2) is 0 Å². The number of carbonyl (C=O) groups is 1. The molecule has 2 aromatic rings. The molecule has 1 N–H and O–H groups in total. The number of aromatic amines is 1. The van der Waals surface area contributed by atoms with Crippen LogP contribution in [0.3, 0.4) is 0 Å². The largest absolute Gasteiger partial charge is 0.462 e. The number of aromatic nitrogens is 1. The topological polar surface area (TPSA) is 65.9 Å². The molecule has 1 aromatic heterocycles. The fourth-order valence-corrected chi connectivity index (χ4v) is 2.35. The lowest BCUT2D eigenvalue weighted by Gasteiger charge is -2.10. The summed E-state index contributed by atoms with van der Waals surface area (Å²) >= 11 is 0. The first kappa shape index (κ1) is 16.6. The number of nitrogens with one attached hydrogen (secondary N) is 1. The fraction of sp³-hybridized carbons (Fsp3) is 0.250. The lowest BCUT2D eigenvalue weighted by Crippen LogP contribution is -2.15. The Morgan fingerprint density at radius 2 is 2.09 bits per heavy atom. The molecule has 0 atom stereocenters. The van der Waals surface area contributed by atoms with Gasteiger partial charge in [-0.2, -0.15) is 18.4 Å². The standard InChI is InChI=1S/C16H13F3N2O2/c1-3-23-15(22)13-12(9(2)21-14(13)16(17,18)19)11-6-4-5-10(7-11)8-20/h4-7,21H,3H2,1-2H3. The van der Waals surface area contributed by atoms with Gasteiger partial charge < -0.3 is 9.72 Å². The molecule has 23 heavy (non-hydrogen) atoms. The smallest absolute Gasteiger partial charge is 0.432 e. The predicted octanol–water partition coefficient (Wildman–Crippen LogP) is 4.06. The van der Waals surface area contributed by atoms with E-state index in [1.807, 2.05) is 6.07 Å². The first-order valence-electron chi connectivity index (χ1n) is 6.77. The number of halogens is 3. The van der Waals surface area contributed by atoms with E-state index < -0.39 is 23.4 Å². The van der Waals surface area contributed by atoms with Gasteiger partial charge in [0.05, 0.1) is 23.8 Å². The molecule has 7 heteroatoms. The molecule has 0 unspecified atom stereocenters. The Morgan fingerprint density at radius 1 is 1.39 bits per heavy atom. The number of carbonyl (C=O) groups excluding carboxylic acids is 1. The quantitative estimate of drug-likeness (QED) is 0.867. The van der Waals surface area contributed by atoms with Crippen LogP contribution in [0.25, 0.3) is 11.1 Å². The van der Waals surface area contributed by atoms with Crippen molar-refractivity contribution in [3.63, 3.8) is 0 Å². The van der Waals surface area contributed by atoms with Crippen LogP contribution in [0.15, 0.2) is 24.3 Å². The number of rotatable bonds is 3. The Bertz CT molecular complexity index is 786. The Balaban J connectivity index is 2.74. The van der Waals surface area contributed by atoms with Crippen LogP contribution < -0.4 is 0 Å². The molecule has 1 heterocycles. The Morgan fingerprint density at radius 3 is 2.65 bits per heavy atom. The molecule has 0 aliphatic carbocycles. The zero-order valence-corrected chi connectivity index (χ0v) is 12.4. The third-order valence-electron chi connectivity index (χ3n) is 3.23. The number of benzene rings is 1. The fourth-order valence-electron chi connectivity index (χ4n) is 2.35. The summed E-state index contributed by atoms with van der Waals surface area (Å²) in [4.78, 5) is 14.3. The van der Waals surface area contributed by atoms with Gasteiger partial charge in [-0.1, -0.05) is 12.1 Å². The van der Waals surface area contributed by atoms with E-state index in [4.69, 9.17) is 10.00 Å². The van der Waals surface area contributed by atoms with Crippen molar-refractivity contribution in [1.82, 2.24) is 4.98 Å². The van der Waals surface area contributed by atoms with Crippen LogP contribution in [0, 0.1) is 18.3 Å². The van der Waals surface area contributed by atoms with Gasteiger partial charge in [-0.15, -0.1) is 0 Å². The maximum atomic E-state index is 13.2. The van der Waals surface area contributed by atoms with Crippen LogP contribution in [0.5, 0.6) is 0 Å². The lowest BCUT2D eigenvalue weighted by atomic mass is 9.98. The van der Waals surface area contributed by atoms with Crippen molar-refractivity contribution in [2.75, 3.05) is 6.61 Å². The number of hydrogen-bond donors (Lipinski definition) is 1. The van der Waals surface area contributed by atoms with E-state index in [1.165, 1.54) is 26.0 Å². The average Bonchev–Trinajstić information content (AvgIpc) is 2.85. The summed E-state index contributed by atoms with van der Waals surface area (Å²) in [7, 11) is 0. The maximum absolute atomic E-state index is 13.2. The number of esters is 1. The van der Waals surface area contributed by atoms with Crippen LogP contribution in [-0.2, 0) is 10.9 Å². The molecule has 0 bridgehead atoms. The van der Waals surface area contributed by atoms with Gasteiger partial charge in [-0.25, -0.2) is 4.79 Å². The second kappa shape index (κ2) is 6.16. The van der Waals surface area contributed by atoms with Crippen molar-refractivity contribution in [3.05, 3.63) is 46.8 Å². The highest BCUT2D eigenvalue weighted by Gasteiger charge is 2.40. The molecule has 0 spiro atoms. The zero-order chi connectivity index (χ0) is 17.2. The molecule has 0 amide bonds. The molecular formula is C16H13F3N2O2. The van der Waals surface area contributed by atoms with Crippen LogP contribution >= 0.6 is 0 Å². The van der Waals surface area contributed by atoms with Crippen molar-refractivity contribution in [2.45, 2.75) is 20.0 Å². The minimum Gasteiger partial charge on any atom is -0.462 e. The third-order valence-corrected chi connectivity index (χ3v) is 3.23. The van der Waals surface area contributed by atoms with E-state index in [-0.39, 0.29) is 23.4 Å². The molecule has 120 valence electrons. The van der Waals surface area contributed by atoms with E-state index in [0.29, 0.717) is 5.56 Å². The molecule has 0 radical (unpaired) electrons. The highest BCUT2D eigenvalue weighted by Crippen LogP contribution is 2.39. The molecule has 1 aromatic carbocycles. The van der Waals surface area contributed by atoms with E-state index >= 15 is 0 Å². The molecular weight excluding hydrogens is 309 g/mol. The Kier molecular flexibility index (Phi) is 4.45. The minimum atomic E-state index is -4.72. The molecule has 0 fully saturated rings. The third kappa shape index (κ3) is 3.21. The van der Waals surface area contributed by atoms with Gasteiger partial charge >= 0.3 is 12.1 Å². The van der Waals surface area contributed by atoms with Gasteiger partial charge in [0.1, 0.15) is 5.69 Å². The first-order chi connectivity index (χ1) is 10.8. The summed E-state index contributed by atoms with van der Waals surface area (Å²) in [6.45, 7) is 2.91. The number of alkyl halides is 3. The highest BCUT2D eigenvalue weighted by atomic mass is 19.4. The summed E-state index contributed by atoms with van der Waals surface area (Å²) < 4.78 is 44.4. The van der Waals surface area contributed by atoms with Crippen molar-refractivity contribution >= 4 is 5.97 Å². The van der Waals surface area contributed by atoms with Crippen molar-refractivity contribution in [2.24, 2.45) is 0 Å². The van der Waals surface area contributed by atoms with E-state index in [0.717, 1.165) is 0 Å². The predicted molar refractivity (Wildman–Crippen MR) is 76.6 cm³/mol. The van der Waals surface area contributed by atoms with Gasteiger partial charge in [0.25, 0.3) is 0 Å². The number of nitrogens with zero attached hydrogens (tertiary/aromatic N) is 1. The second-order valence-electron chi connectivity index (χ2n) is 4.79. The summed E-state index contributed by atoms with van der Waals surface area (Å²) in [6.07, 6.45) is -4.72.